The molecule has 0 N–H and O–H groups in total. The molecule has 0 unspecified atom stereocenters. The van der Waals surface area contributed by atoms with Crippen LogP contribution in [0.3, 0.4) is 0 Å². The van der Waals surface area contributed by atoms with Crippen molar-refractivity contribution in [3.8, 4) is 5.88 Å². The van der Waals surface area contributed by atoms with Gasteiger partial charge in [0.25, 0.3) is 5.91 Å². The van der Waals surface area contributed by atoms with Gasteiger partial charge in [-0.1, -0.05) is 6.92 Å². The first kappa shape index (κ1) is 17.7. The summed E-state index contributed by atoms with van der Waals surface area (Å²) in [4.78, 5) is 33.3. The van der Waals surface area contributed by atoms with Gasteiger partial charge in [0.2, 0.25) is 11.8 Å². The Labute approximate surface area is 149 Å². The van der Waals surface area contributed by atoms with E-state index in [4.69, 9.17) is 4.74 Å². The van der Waals surface area contributed by atoms with Crippen LogP contribution in [0.15, 0.2) is 18.3 Å². The predicted octanol–water partition coefficient (Wildman–Crippen LogP) is 2.34. The molecule has 2 aliphatic rings. The first-order valence-electron chi connectivity index (χ1n) is 9.32. The van der Waals surface area contributed by atoms with Crippen molar-refractivity contribution >= 4 is 11.8 Å². The first-order valence-corrected chi connectivity index (χ1v) is 9.32. The van der Waals surface area contributed by atoms with Gasteiger partial charge >= 0.3 is 0 Å². The van der Waals surface area contributed by atoms with Crippen LogP contribution in [0.2, 0.25) is 0 Å². The third-order valence-corrected chi connectivity index (χ3v) is 5.18. The summed E-state index contributed by atoms with van der Waals surface area (Å²) in [6.45, 7) is 6.68. The Morgan fingerprint density at radius 1 is 1.36 bits per heavy atom. The Morgan fingerprint density at radius 2 is 2.20 bits per heavy atom. The zero-order valence-corrected chi connectivity index (χ0v) is 15.1. The molecule has 2 saturated heterocycles. The van der Waals surface area contributed by atoms with E-state index in [0.717, 1.165) is 25.8 Å². The van der Waals surface area contributed by atoms with Gasteiger partial charge in [-0.3, -0.25) is 9.59 Å². The fraction of sp³-hybridized carbons (Fsp3) is 0.632. The summed E-state index contributed by atoms with van der Waals surface area (Å²) in [5, 5.41) is 0. The predicted molar refractivity (Wildman–Crippen MR) is 94.4 cm³/mol. The summed E-state index contributed by atoms with van der Waals surface area (Å²) in [7, 11) is 0. The lowest BCUT2D eigenvalue weighted by Crippen LogP contribution is -2.57. The smallest absolute Gasteiger partial charge is 0.259 e. The number of amides is 2. The molecular formula is C19H27N3O3. The van der Waals surface area contributed by atoms with E-state index in [1.807, 2.05) is 16.7 Å². The summed E-state index contributed by atoms with van der Waals surface area (Å²) in [5.74, 6) is 1.03. The van der Waals surface area contributed by atoms with E-state index in [1.165, 1.54) is 0 Å². The van der Waals surface area contributed by atoms with Crippen LogP contribution in [0, 0.1) is 5.92 Å². The molecule has 0 aromatic carbocycles. The number of carbonyl (C=O) groups is 2. The maximum Gasteiger partial charge on any atom is 0.259 e. The normalized spacial score (nSPS) is 23.4. The number of pyridine rings is 1. The highest BCUT2D eigenvalue weighted by Gasteiger charge is 2.40. The molecule has 2 atom stereocenters. The number of nitrogens with zero attached hydrogens (tertiary/aromatic N) is 3. The Morgan fingerprint density at radius 3 is 2.96 bits per heavy atom. The van der Waals surface area contributed by atoms with Crippen LogP contribution in [-0.2, 0) is 4.79 Å². The van der Waals surface area contributed by atoms with E-state index < -0.39 is 0 Å². The number of hydrogen-bond acceptors (Lipinski definition) is 4. The zero-order valence-electron chi connectivity index (χ0n) is 15.1. The molecule has 2 amide bonds. The Balaban J connectivity index is 1.72. The van der Waals surface area contributed by atoms with Gasteiger partial charge in [-0.2, -0.15) is 0 Å². The van der Waals surface area contributed by atoms with Gasteiger partial charge in [0.1, 0.15) is 5.56 Å². The highest BCUT2D eigenvalue weighted by atomic mass is 16.5. The van der Waals surface area contributed by atoms with Gasteiger partial charge in [-0.25, -0.2) is 4.98 Å². The monoisotopic (exact) mass is 345 g/mol. The lowest BCUT2D eigenvalue weighted by atomic mass is 9.83. The highest BCUT2D eigenvalue weighted by Crippen LogP contribution is 2.32. The molecule has 1 aromatic heterocycles. The highest BCUT2D eigenvalue weighted by molar-refractivity contribution is 5.96. The number of fused-ring (bicyclic) bond motifs is 1. The van der Waals surface area contributed by atoms with E-state index in [2.05, 4.69) is 11.9 Å². The maximum absolute atomic E-state index is 13.0. The van der Waals surface area contributed by atoms with Crippen LogP contribution >= 0.6 is 0 Å². The Hall–Kier alpha value is -2.11. The standard InChI is InChI=1S/C19H27N3O3/c1-3-11-22-16-9-12-21(13-14(16)7-8-17(22)23)19(24)15-6-5-10-20-18(15)25-4-2/h5-6,10,14,16H,3-4,7-9,11-13H2,1-2H3/t14-,16+/m0/s1. The summed E-state index contributed by atoms with van der Waals surface area (Å²) < 4.78 is 5.51. The van der Waals surface area contributed by atoms with E-state index >= 15 is 0 Å². The molecule has 136 valence electrons. The molecule has 0 radical (unpaired) electrons. The van der Waals surface area contributed by atoms with Crippen LogP contribution in [0.1, 0.15) is 49.9 Å². The van der Waals surface area contributed by atoms with Crippen molar-refractivity contribution in [3.63, 3.8) is 0 Å². The van der Waals surface area contributed by atoms with Gasteiger partial charge in [-0.15, -0.1) is 0 Å². The van der Waals surface area contributed by atoms with Crippen molar-refractivity contribution in [1.82, 2.24) is 14.8 Å². The summed E-state index contributed by atoms with van der Waals surface area (Å²) in [6.07, 6.45) is 4.94. The third-order valence-electron chi connectivity index (χ3n) is 5.18. The van der Waals surface area contributed by atoms with Crippen molar-refractivity contribution in [3.05, 3.63) is 23.9 Å². The molecule has 6 heteroatoms. The van der Waals surface area contributed by atoms with Gasteiger partial charge < -0.3 is 14.5 Å². The number of carbonyl (C=O) groups excluding carboxylic acids is 2. The summed E-state index contributed by atoms with van der Waals surface area (Å²) >= 11 is 0. The number of hydrogen-bond donors (Lipinski definition) is 0. The molecular weight excluding hydrogens is 318 g/mol. The van der Waals surface area contributed by atoms with Gasteiger partial charge in [0.15, 0.2) is 0 Å². The van der Waals surface area contributed by atoms with Crippen LogP contribution < -0.4 is 4.74 Å². The number of likely N-dealkylation sites (tertiary alicyclic amines) is 2. The SMILES string of the molecule is CCCN1C(=O)CC[C@H]2CN(C(=O)c3cccnc3OCC)CC[C@H]21. The Bertz CT molecular complexity index is 634. The molecule has 1 aromatic rings. The molecule has 0 spiro atoms. The first-order chi connectivity index (χ1) is 12.2. The number of aromatic nitrogens is 1. The number of piperidine rings is 2. The minimum absolute atomic E-state index is 0.0195. The maximum atomic E-state index is 13.0. The van der Waals surface area contributed by atoms with Gasteiger partial charge in [-0.05, 0) is 44.2 Å². The molecule has 2 aliphatic heterocycles. The second kappa shape index (κ2) is 7.85. The van der Waals surface area contributed by atoms with Crippen LogP contribution in [-0.4, -0.2) is 58.9 Å². The molecule has 6 nitrogen and oxygen atoms in total. The summed E-state index contributed by atoms with van der Waals surface area (Å²) in [5.41, 5.74) is 0.528. The molecule has 25 heavy (non-hydrogen) atoms. The lowest BCUT2D eigenvalue weighted by Gasteiger charge is -2.47. The topological polar surface area (TPSA) is 62.7 Å². The fourth-order valence-corrected chi connectivity index (χ4v) is 4.04. The van der Waals surface area contributed by atoms with Gasteiger partial charge in [0.05, 0.1) is 6.61 Å². The largest absolute Gasteiger partial charge is 0.477 e. The van der Waals surface area contributed by atoms with Crippen molar-refractivity contribution in [2.45, 2.75) is 45.6 Å². The van der Waals surface area contributed by atoms with Crippen molar-refractivity contribution < 1.29 is 14.3 Å². The van der Waals surface area contributed by atoms with Crippen molar-refractivity contribution in [2.75, 3.05) is 26.2 Å². The average Bonchev–Trinajstić information content (AvgIpc) is 2.64. The van der Waals surface area contributed by atoms with Crippen molar-refractivity contribution in [2.24, 2.45) is 5.92 Å². The van der Waals surface area contributed by atoms with Crippen molar-refractivity contribution in [1.29, 1.82) is 0 Å². The van der Waals surface area contributed by atoms with Crippen LogP contribution in [0.5, 0.6) is 5.88 Å². The average molecular weight is 345 g/mol. The van der Waals surface area contributed by atoms with Gasteiger partial charge in [0, 0.05) is 38.3 Å². The van der Waals surface area contributed by atoms with E-state index in [9.17, 15) is 9.59 Å². The fourth-order valence-electron chi connectivity index (χ4n) is 4.04. The number of ether oxygens (including phenoxy) is 1. The van der Waals surface area contributed by atoms with E-state index in [0.29, 0.717) is 43.5 Å². The Kier molecular flexibility index (Phi) is 5.56. The molecule has 3 heterocycles. The second-order valence-electron chi connectivity index (χ2n) is 6.78. The second-order valence-corrected chi connectivity index (χ2v) is 6.78. The molecule has 0 bridgehead atoms. The third kappa shape index (κ3) is 3.62. The zero-order chi connectivity index (χ0) is 17.8. The number of rotatable bonds is 5. The lowest BCUT2D eigenvalue weighted by molar-refractivity contribution is -0.140. The minimum Gasteiger partial charge on any atom is -0.477 e. The molecule has 0 aliphatic carbocycles. The van der Waals surface area contributed by atoms with Crippen LogP contribution in [0.25, 0.3) is 0 Å². The minimum atomic E-state index is -0.0195. The molecule has 3 rings (SSSR count). The molecule has 2 fully saturated rings. The quantitative estimate of drug-likeness (QED) is 0.822. The summed E-state index contributed by atoms with van der Waals surface area (Å²) in [6, 6.07) is 3.83. The van der Waals surface area contributed by atoms with E-state index in [1.54, 1.807) is 18.3 Å². The van der Waals surface area contributed by atoms with E-state index in [-0.39, 0.29) is 17.9 Å². The molecule has 0 saturated carbocycles. The van der Waals surface area contributed by atoms with Crippen LogP contribution in [0.4, 0.5) is 0 Å².